The third-order valence-electron chi connectivity index (χ3n) is 26.3. The Labute approximate surface area is 762 Å². The summed E-state index contributed by atoms with van der Waals surface area (Å²) in [4.78, 5) is 128. The van der Waals surface area contributed by atoms with Crippen molar-refractivity contribution in [3.8, 4) is 11.3 Å². The molecule has 5 aromatic heterocycles. The van der Waals surface area contributed by atoms with Gasteiger partial charge in [0.15, 0.2) is 17.8 Å². The number of Topliss-reactive ketones (excluding diaryl/α,β-unsaturated/α-hetero) is 1. The first-order valence-corrected chi connectivity index (χ1v) is 45.5. The molecular formula is C94H127N19O18. The van der Waals surface area contributed by atoms with E-state index in [0.717, 1.165) is 27.8 Å². The third-order valence-corrected chi connectivity index (χ3v) is 26.3. The van der Waals surface area contributed by atoms with Crippen molar-refractivity contribution in [1.82, 2.24) is 65.1 Å². The number of rotatable bonds is 23. The lowest BCUT2D eigenvalue weighted by Crippen LogP contribution is -2.61. The summed E-state index contributed by atoms with van der Waals surface area (Å²) in [5.41, 5.74) is 27.2. The number of aliphatic hydroxyl groups excluding tert-OH is 3. The Balaban J connectivity index is 0.577. The number of carbonyl (C=O) groups excluding carboxylic acids is 6. The van der Waals surface area contributed by atoms with E-state index in [0.29, 0.717) is 172 Å². The van der Waals surface area contributed by atoms with Gasteiger partial charge in [-0.3, -0.25) is 24.0 Å². The highest BCUT2D eigenvalue weighted by Crippen LogP contribution is 2.40. The molecule has 4 amide bonds. The highest BCUT2D eigenvalue weighted by molar-refractivity contribution is 6.39. The normalized spacial score (nSPS) is 28.0. The van der Waals surface area contributed by atoms with Gasteiger partial charge in [0, 0.05) is 141 Å². The van der Waals surface area contributed by atoms with Crippen LogP contribution in [0.1, 0.15) is 165 Å². The zero-order valence-corrected chi connectivity index (χ0v) is 76.5. The van der Waals surface area contributed by atoms with Gasteiger partial charge in [0.25, 0.3) is 29.5 Å². The van der Waals surface area contributed by atoms with E-state index in [4.69, 9.17) is 60.0 Å². The summed E-state index contributed by atoms with van der Waals surface area (Å²) in [5, 5.41) is 63.3. The Hall–Kier alpha value is -11.3. The molecule has 131 heavy (non-hydrogen) atoms. The third kappa shape index (κ3) is 24.2. The molecule has 5 aliphatic heterocycles. The summed E-state index contributed by atoms with van der Waals surface area (Å²) in [7, 11) is 4.59. The van der Waals surface area contributed by atoms with Gasteiger partial charge >= 0.3 is 5.97 Å². The number of amides is 4. The monoisotopic (exact) mass is 1810 g/mol. The second-order valence-electron chi connectivity index (χ2n) is 35.8. The van der Waals surface area contributed by atoms with Gasteiger partial charge in [-0.2, -0.15) is 15.1 Å². The summed E-state index contributed by atoms with van der Waals surface area (Å²) < 4.78 is 43.5. The lowest BCUT2D eigenvalue weighted by atomic mass is 9.78. The topological polar surface area (TPSA) is 497 Å². The van der Waals surface area contributed by atoms with Crippen LogP contribution in [0.5, 0.6) is 0 Å². The molecule has 2 bridgehead atoms. The van der Waals surface area contributed by atoms with Gasteiger partial charge in [-0.1, -0.05) is 94.4 Å². The SMILES string of the molecule is CO[C@H]1C[C@@H]2CC[C@@H](C)[C@@](O)(O2)C(=O)C(=O)N2CCCC[C@H]2C(=O)O[C@H]([C@H](C)C[C@@H]2CC[C@@H](O)[C@H](OC)C2)C[C@@H](O)[C@H](C)/C=C(\C)[C@@H](O)[C@@H](OC)/C(=N/OCC(=O)NCc2cnc(N3CCN(c4ncc(C(=O)NCCOCCC(=O)N5CCc6cc(Cn7nc(-c8ccc9oc(N)nc9c8)c8c(N)ncnc87)ccc6C5)c(N)n4)CC3)nc2)[C@H](C)C[C@H](C)/C=C/C=C/C=C/1C. The lowest BCUT2D eigenvalue weighted by Gasteiger charge is -2.43. The number of oxime groups is 1. The van der Waals surface area contributed by atoms with Gasteiger partial charge in [0.1, 0.15) is 53.5 Å². The van der Waals surface area contributed by atoms with Gasteiger partial charge < -0.3 is 106 Å². The number of carbonyl (C=O) groups is 6. The fraction of sp³-hybridized carbons (Fsp3) is 0.564. The standard InChI is InChI=1S/C94H127N19O18/c1-54-16-12-11-13-17-55(2)74(124-8)44-67-24-19-60(7)94(123,131-67)84(119)89(121)112-30-15-14-18-70(112)90(122)129-75(57(4)40-61-21-25-71(114)76(42-61)125-9)45-72(115)56(3)39-59(6)82(118)83(126-10)80(58(5)38-54)108-128-52-77(116)99-46-63-47-100-92(101-48-63)109-32-34-110(35-33-109)93-102-49-68(85(95)106-93)88(120)98-29-37-127-36-28-78(117)111-31-27-64-41-62(20-22-66(64)51-111)50-113-87-79(86(96)103-53-104-87)81(107-113)65-23-26-73-69(43-65)105-91(97)130-73/h11-13,16-17,20,22-23,26,39,41,43,47-49,53-54,56-58,60-61,67,70-72,74-76,82-83,114-115,118,123H,14-15,18-19,21,24-25,27-38,40,42,44-46,50-52H2,1-10H3,(H2,97,105)(H,98,120)(H,99,116)(H2,95,102,106)(H2,96,103,104)/b13-11+,16-12+,55-17+,59-39+,108-80+/t54-,56-,57-,58-,60-,61+,67+,70+,71-,72-,74+,75+,76-,82-,83+,94-/m1/s1. The molecule has 16 atom stereocenters. The van der Waals surface area contributed by atoms with E-state index >= 15 is 0 Å². The minimum atomic E-state index is -2.47. The van der Waals surface area contributed by atoms with Crippen molar-refractivity contribution in [2.75, 3.05) is 114 Å². The molecule has 3 saturated heterocycles. The molecule has 0 radical (unpaired) electrons. The van der Waals surface area contributed by atoms with Crippen molar-refractivity contribution < 1.29 is 86.9 Å². The van der Waals surface area contributed by atoms with Gasteiger partial charge in [-0.05, 0) is 148 Å². The highest BCUT2D eigenvalue weighted by atomic mass is 16.6. The molecule has 13 rings (SSSR count). The Morgan fingerprint density at radius 2 is 1.52 bits per heavy atom. The smallest absolute Gasteiger partial charge is 0.329 e. The van der Waals surface area contributed by atoms with Crippen molar-refractivity contribution in [1.29, 1.82) is 0 Å². The number of ketones is 1. The van der Waals surface area contributed by atoms with E-state index in [9.17, 15) is 49.2 Å². The number of hydrogen-bond acceptors (Lipinski definition) is 32. The van der Waals surface area contributed by atoms with Crippen molar-refractivity contribution in [3.63, 3.8) is 0 Å². The van der Waals surface area contributed by atoms with Gasteiger partial charge in [-0.25, -0.2) is 34.4 Å². The number of cyclic esters (lactones) is 1. The molecule has 0 unspecified atom stereocenters. The van der Waals surface area contributed by atoms with Crippen LogP contribution in [0.25, 0.3) is 33.4 Å². The number of nitrogen functional groups attached to an aromatic ring is 3. The number of nitrogens with one attached hydrogen (secondary N) is 2. The minimum Gasteiger partial charge on any atom is -0.460 e. The Morgan fingerprint density at radius 3 is 2.27 bits per heavy atom. The molecule has 1 saturated carbocycles. The molecule has 1 aliphatic carbocycles. The van der Waals surface area contributed by atoms with Crippen LogP contribution < -0.4 is 37.6 Å². The van der Waals surface area contributed by atoms with Crippen LogP contribution >= 0.6 is 0 Å². The number of oxazole rings is 1. The number of anilines is 5. The van der Waals surface area contributed by atoms with Crippen LogP contribution in [0.4, 0.5) is 29.5 Å². The number of piperazine rings is 1. The van der Waals surface area contributed by atoms with Gasteiger partial charge in [-0.15, -0.1) is 0 Å². The summed E-state index contributed by atoms with van der Waals surface area (Å²) in [6, 6.07) is 10.6. The summed E-state index contributed by atoms with van der Waals surface area (Å²) >= 11 is 0. The Morgan fingerprint density at radius 1 is 0.748 bits per heavy atom. The fourth-order valence-electron chi connectivity index (χ4n) is 18.5. The second-order valence-corrected chi connectivity index (χ2v) is 35.8. The number of nitrogens with zero attached hydrogens (tertiary/aromatic N) is 14. The molecular weight excluding hydrogens is 1680 g/mol. The molecule has 12 N–H and O–H groups in total. The highest BCUT2D eigenvalue weighted by Gasteiger charge is 2.53. The number of methoxy groups -OCH3 is 3. The minimum absolute atomic E-state index is 0.0127. The zero-order valence-electron chi connectivity index (χ0n) is 76.5. The number of nitrogens with two attached hydrogens (primary N) is 3. The average Bonchev–Trinajstić information content (AvgIpc) is 1.34. The van der Waals surface area contributed by atoms with Crippen LogP contribution in [0.3, 0.4) is 0 Å². The quantitative estimate of drug-likeness (QED) is 0.00985. The molecule has 10 heterocycles. The number of hydrogen-bond donors (Lipinski definition) is 9. The first kappa shape index (κ1) is 97.2. The molecule has 2 aromatic carbocycles. The van der Waals surface area contributed by atoms with Gasteiger partial charge in [0.2, 0.25) is 23.6 Å². The molecule has 37 heteroatoms. The molecule has 4 fully saturated rings. The number of ether oxygens (including phenoxy) is 6. The van der Waals surface area contributed by atoms with Crippen LogP contribution in [0.15, 0.2) is 118 Å². The number of allylic oxidation sites excluding steroid dienone is 5. The summed E-state index contributed by atoms with van der Waals surface area (Å²) in [6.45, 7) is 16.6. The summed E-state index contributed by atoms with van der Waals surface area (Å²) in [5.74, 6) is -7.37. The van der Waals surface area contributed by atoms with Crippen molar-refractivity contribution in [2.45, 2.75) is 219 Å². The fourth-order valence-corrected chi connectivity index (χ4v) is 18.5. The van der Waals surface area contributed by atoms with Crippen molar-refractivity contribution in [2.24, 2.45) is 40.7 Å². The predicted molar refractivity (Wildman–Crippen MR) is 489 cm³/mol. The molecule has 706 valence electrons. The average molecular weight is 1810 g/mol. The number of aliphatic hydroxyl groups is 4. The summed E-state index contributed by atoms with van der Waals surface area (Å²) in [6.07, 6.45) is 16.9. The van der Waals surface area contributed by atoms with Crippen LogP contribution in [0, 0.1) is 35.5 Å². The maximum atomic E-state index is 14.8. The number of piperidine rings is 1. The maximum absolute atomic E-state index is 14.8. The molecule has 37 nitrogen and oxygen atoms in total. The van der Waals surface area contributed by atoms with Gasteiger partial charge in [0.05, 0.1) is 73.4 Å². The number of esters is 1. The Bertz CT molecular complexity index is 5310. The van der Waals surface area contributed by atoms with E-state index in [1.807, 2.05) is 102 Å². The largest absolute Gasteiger partial charge is 0.460 e. The van der Waals surface area contributed by atoms with E-state index in [2.05, 4.69) is 56.7 Å². The van der Waals surface area contributed by atoms with E-state index in [1.54, 1.807) is 59.5 Å². The van der Waals surface area contributed by atoms with Crippen LogP contribution in [-0.2, 0) is 83.3 Å². The maximum Gasteiger partial charge on any atom is 0.329 e. The number of aromatic nitrogens is 9. The van der Waals surface area contributed by atoms with E-state index in [1.165, 1.54) is 24.5 Å². The first-order chi connectivity index (χ1) is 63.0. The zero-order chi connectivity index (χ0) is 93.3. The Kier molecular flexibility index (Phi) is 33.2. The first-order valence-electron chi connectivity index (χ1n) is 45.5. The van der Waals surface area contributed by atoms with E-state index in [-0.39, 0.29) is 106 Å². The van der Waals surface area contributed by atoms with Crippen LogP contribution in [0.2, 0.25) is 0 Å². The second kappa shape index (κ2) is 44.8. The van der Waals surface area contributed by atoms with Crippen molar-refractivity contribution in [3.05, 3.63) is 137 Å². The number of fused-ring (bicyclic) bond motifs is 6. The molecule has 0 spiro atoms. The van der Waals surface area contributed by atoms with E-state index < -0.39 is 108 Å². The van der Waals surface area contributed by atoms with Crippen LogP contribution in [-0.4, -0.2) is 264 Å². The lowest BCUT2D eigenvalue weighted by molar-refractivity contribution is -0.265. The number of benzene rings is 2. The van der Waals surface area contributed by atoms with Crippen molar-refractivity contribution >= 4 is 92.8 Å². The molecule has 7 aromatic rings. The molecule has 6 aliphatic rings. The predicted octanol–water partition coefficient (Wildman–Crippen LogP) is 7.46.